The van der Waals surface area contributed by atoms with Crippen molar-refractivity contribution in [3.63, 3.8) is 0 Å². The fourth-order valence-electron chi connectivity index (χ4n) is 1.25. The number of ether oxygens (including phenoxy) is 1. The van der Waals surface area contributed by atoms with E-state index in [1.54, 1.807) is 19.2 Å². The molecule has 0 aliphatic rings. The zero-order valence-electron chi connectivity index (χ0n) is 9.34. The first kappa shape index (κ1) is 12.4. The molecule has 0 aliphatic heterocycles. The molecule has 0 bridgehead atoms. The van der Waals surface area contributed by atoms with Gasteiger partial charge >= 0.3 is 0 Å². The Bertz CT molecular complexity index is 369. The molecular formula is C11H15FN2O2. The molecule has 0 radical (unpaired) electrons. The van der Waals surface area contributed by atoms with Gasteiger partial charge in [-0.3, -0.25) is 4.79 Å². The molecule has 0 fully saturated rings. The molecule has 1 rings (SSSR count). The van der Waals surface area contributed by atoms with Crippen molar-refractivity contribution in [2.75, 3.05) is 20.7 Å². The molecule has 2 N–H and O–H groups in total. The van der Waals surface area contributed by atoms with E-state index in [0.717, 1.165) is 0 Å². The average molecular weight is 226 g/mol. The highest BCUT2D eigenvalue weighted by Gasteiger charge is 2.10. The fourth-order valence-corrected chi connectivity index (χ4v) is 1.25. The largest absolute Gasteiger partial charge is 0.480 e. The van der Waals surface area contributed by atoms with Gasteiger partial charge in [0.05, 0.1) is 0 Å². The summed E-state index contributed by atoms with van der Waals surface area (Å²) in [4.78, 5) is 11.0. The lowest BCUT2D eigenvalue weighted by atomic mass is 10.2. The Morgan fingerprint density at radius 2 is 2.19 bits per heavy atom. The minimum absolute atomic E-state index is 0.125. The van der Waals surface area contributed by atoms with E-state index in [2.05, 4.69) is 10.6 Å². The van der Waals surface area contributed by atoms with Gasteiger partial charge in [0.1, 0.15) is 0 Å². The number of halogens is 1. The fraction of sp³-hybridized carbons (Fsp3) is 0.364. The van der Waals surface area contributed by atoms with Gasteiger partial charge in [0.15, 0.2) is 18.2 Å². The van der Waals surface area contributed by atoms with Gasteiger partial charge in [-0.2, -0.15) is 0 Å². The minimum atomic E-state index is -0.461. The number of para-hydroxylation sites is 1. The molecule has 0 unspecified atom stereocenters. The monoisotopic (exact) mass is 226 g/mol. The van der Waals surface area contributed by atoms with E-state index in [1.165, 1.54) is 13.1 Å². The number of carbonyl (C=O) groups excluding carboxylic acids is 1. The molecule has 1 amide bonds. The van der Waals surface area contributed by atoms with Crippen molar-refractivity contribution in [1.29, 1.82) is 0 Å². The van der Waals surface area contributed by atoms with Gasteiger partial charge in [-0.1, -0.05) is 12.1 Å². The van der Waals surface area contributed by atoms with Gasteiger partial charge < -0.3 is 15.4 Å². The summed E-state index contributed by atoms with van der Waals surface area (Å²) in [6.45, 7) is 0.301. The van der Waals surface area contributed by atoms with Crippen LogP contribution in [0.15, 0.2) is 18.2 Å². The van der Waals surface area contributed by atoms with Crippen molar-refractivity contribution >= 4 is 5.91 Å². The first-order valence-corrected chi connectivity index (χ1v) is 4.94. The molecule has 0 aromatic heterocycles. The van der Waals surface area contributed by atoms with Crippen LogP contribution in [0.1, 0.15) is 5.56 Å². The Morgan fingerprint density at radius 3 is 2.81 bits per heavy atom. The van der Waals surface area contributed by atoms with Crippen LogP contribution in [0.4, 0.5) is 4.39 Å². The van der Waals surface area contributed by atoms with Crippen LogP contribution in [0.25, 0.3) is 0 Å². The predicted molar refractivity (Wildman–Crippen MR) is 58.7 cm³/mol. The van der Waals surface area contributed by atoms with E-state index in [4.69, 9.17) is 4.74 Å². The lowest BCUT2D eigenvalue weighted by Gasteiger charge is -2.11. The third-order valence-electron chi connectivity index (χ3n) is 2.04. The molecule has 5 heteroatoms. The number of rotatable bonds is 5. The maximum atomic E-state index is 13.4. The number of carbonyl (C=O) groups is 1. The summed E-state index contributed by atoms with van der Waals surface area (Å²) in [6.07, 6.45) is 0. The van der Waals surface area contributed by atoms with E-state index < -0.39 is 5.82 Å². The Labute approximate surface area is 93.8 Å². The highest BCUT2D eigenvalue weighted by atomic mass is 19.1. The molecule has 88 valence electrons. The van der Waals surface area contributed by atoms with Gasteiger partial charge in [0, 0.05) is 19.2 Å². The van der Waals surface area contributed by atoms with Crippen LogP contribution in [0.5, 0.6) is 5.75 Å². The molecule has 0 saturated heterocycles. The zero-order valence-corrected chi connectivity index (χ0v) is 9.34. The summed E-state index contributed by atoms with van der Waals surface area (Å²) >= 11 is 0. The van der Waals surface area contributed by atoms with Crippen molar-refractivity contribution in [2.45, 2.75) is 6.54 Å². The van der Waals surface area contributed by atoms with Crippen LogP contribution < -0.4 is 15.4 Å². The molecule has 1 aromatic carbocycles. The van der Waals surface area contributed by atoms with Gasteiger partial charge in [-0.15, -0.1) is 0 Å². The average Bonchev–Trinajstić information content (AvgIpc) is 2.28. The molecule has 16 heavy (non-hydrogen) atoms. The maximum Gasteiger partial charge on any atom is 0.257 e. The van der Waals surface area contributed by atoms with E-state index in [0.29, 0.717) is 12.1 Å². The second-order valence-corrected chi connectivity index (χ2v) is 3.22. The number of hydrogen-bond donors (Lipinski definition) is 2. The highest BCUT2D eigenvalue weighted by Crippen LogP contribution is 2.22. The van der Waals surface area contributed by atoms with Crippen LogP contribution in [-0.2, 0) is 11.3 Å². The summed E-state index contributed by atoms with van der Waals surface area (Å²) in [5.74, 6) is -0.629. The smallest absolute Gasteiger partial charge is 0.257 e. The van der Waals surface area contributed by atoms with Crippen LogP contribution in [-0.4, -0.2) is 26.6 Å². The Kier molecular flexibility index (Phi) is 4.72. The predicted octanol–water partition coefficient (Wildman–Crippen LogP) is 0.670. The molecule has 0 spiro atoms. The van der Waals surface area contributed by atoms with Gasteiger partial charge in [-0.05, 0) is 13.1 Å². The normalized spacial score (nSPS) is 9.94. The summed E-state index contributed by atoms with van der Waals surface area (Å²) in [5.41, 5.74) is 0.686. The number of likely N-dealkylation sites (N-methyl/N-ethyl adjacent to an activating group) is 1. The highest BCUT2D eigenvalue weighted by molar-refractivity contribution is 5.77. The number of hydrogen-bond acceptors (Lipinski definition) is 3. The topological polar surface area (TPSA) is 50.4 Å². The Hall–Kier alpha value is -1.62. The van der Waals surface area contributed by atoms with Crippen LogP contribution in [0.2, 0.25) is 0 Å². The summed E-state index contributed by atoms with van der Waals surface area (Å²) in [5, 5.41) is 5.31. The summed E-state index contributed by atoms with van der Waals surface area (Å²) < 4.78 is 18.6. The Balaban J connectivity index is 2.79. The quantitative estimate of drug-likeness (QED) is 0.776. The standard InChI is InChI=1S/C11H15FN2O2/c1-13-6-8-4-3-5-9(12)11(8)16-7-10(15)14-2/h3-5,13H,6-7H2,1-2H3,(H,14,15). The molecule has 0 aliphatic carbocycles. The van der Waals surface area contributed by atoms with Crippen molar-refractivity contribution in [3.05, 3.63) is 29.6 Å². The summed E-state index contributed by atoms with van der Waals surface area (Å²) in [7, 11) is 3.26. The van der Waals surface area contributed by atoms with Gasteiger partial charge in [0.2, 0.25) is 0 Å². The second kappa shape index (κ2) is 6.07. The first-order valence-electron chi connectivity index (χ1n) is 4.94. The molecular weight excluding hydrogens is 211 g/mol. The van der Waals surface area contributed by atoms with E-state index in [1.807, 2.05) is 0 Å². The first-order chi connectivity index (χ1) is 7.69. The van der Waals surface area contributed by atoms with E-state index in [-0.39, 0.29) is 18.3 Å². The molecule has 0 saturated carbocycles. The maximum absolute atomic E-state index is 13.4. The minimum Gasteiger partial charge on any atom is -0.480 e. The van der Waals surface area contributed by atoms with Crippen molar-refractivity contribution in [3.8, 4) is 5.75 Å². The molecule has 0 heterocycles. The SMILES string of the molecule is CNCc1cccc(F)c1OCC(=O)NC. The zero-order chi connectivity index (χ0) is 12.0. The Morgan fingerprint density at radius 1 is 1.44 bits per heavy atom. The van der Waals surface area contributed by atoms with E-state index >= 15 is 0 Å². The van der Waals surface area contributed by atoms with Crippen LogP contribution in [0, 0.1) is 5.82 Å². The van der Waals surface area contributed by atoms with Crippen molar-refractivity contribution in [2.24, 2.45) is 0 Å². The third-order valence-corrected chi connectivity index (χ3v) is 2.04. The van der Waals surface area contributed by atoms with Gasteiger partial charge in [-0.25, -0.2) is 4.39 Å². The third kappa shape index (κ3) is 3.20. The van der Waals surface area contributed by atoms with E-state index in [9.17, 15) is 9.18 Å². The molecule has 4 nitrogen and oxygen atoms in total. The lowest BCUT2D eigenvalue weighted by molar-refractivity contribution is -0.122. The van der Waals surface area contributed by atoms with Gasteiger partial charge in [0.25, 0.3) is 5.91 Å². The van der Waals surface area contributed by atoms with Crippen molar-refractivity contribution in [1.82, 2.24) is 10.6 Å². The van der Waals surface area contributed by atoms with Crippen LogP contribution in [0.3, 0.4) is 0 Å². The van der Waals surface area contributed by atoms with Crippen LogP contribution >= 0.6 is 0 Å². The molecule has 0 atom stereocenters. The summed E-state index contributed by atoms with van der Waals surface area (Å²) in [6, 6.07) is 4.66. The second-order valence-electron chi connectivity index (χ2n) is 3.22. The number of amides is 1. The number of nitrogens with one attached hydrogen (secondary N) is 2. The lowest BCUT2D eigenvalue weighted by Crippen LogP contribution is -2.25. The van der Waals surface area contributed by atoms with Crippen molar-refractivity contribution < 1.29 is 13.9 Å². The molecule has 1 aromatic rings. The number of benzene rings is 1.